The lowest BCUT2D eigenvalue weighted by molar-refractivity contribution is -0.115. The van der Waals surface area contributed by atoms with E-state index in [0.29, 0.717) is 22.2 Å². The van der Waals surface area contributed by atoms with Crippen molar-refractivity contribution in [1.82, 2.24) is 5.16 Å². The Kier molecular flexibility index (Phi) is 5.28. The van der Waals surface area contributed by atoms with Crippen LogP contribution in [0.1, 0.15) is 16.7 Å². The van der Waals surface area contributed by atoms with Gasteiger partial charge in [0.25, 0.3) is 10.0 Å². The third kappa shape index (κ3) is 4.12. The molecule has 0 aliphatic carbocycles. The average molecular weight is 450 g/mol. The number of carbonyl (C=O) groups excluding carboxylic acids is 1. The normalized spacial score (nSPS) is 17.0. The molecule has 7 nitrogen and oxygen atoms in total. The Morgan fingerprint density at radius 1 is 1.21 bits per heavy atom. The molecule has 0 radical (unpaired) electrons. The SMILES string of the molecule is Cc1cc(NS(=O)(=O)c2ccc(N3C(=O)CSC3c3cccc(Cl)c3)cc2)no1. The number of hydrogen-bond acceptors (Lipinski definition) is 6. The summed E-state index contributed by atoms with van der Waals surface area (Å²) in [5.74, 6) is 0.894. The lowest BCUT2D eigenvalue weighted by Gasteiger charge is -2.24. The second-order valence-corrected chi connectivity index (χ2v) is 9.59. The van der Waals surface area contributed by atoms with Crippen molar-refractivity contribution in [3.05, 3.63) is 70.9 Å². The monoisotopic (exact) mass is 449 g/mol. The summed E-state index contributed by atoms with van der Waals surface area (Å²) in [4.78, 5) is 14.2. The lowest BCUT2D eigenvalue weighted by Crippen LogP contribution is -2.27. The number of rotatable bonds is 5. The van der Waals surface area contributed by atoms with Gasteiger partial charge in [0, 0.05) is 16.8 Å². The van der Waals surface area contributed by atoms with E-state index in [4.69, 9.17) is 16.1 Å². The van der Waals surface area contributed by atoms with Crippen LogP contribution in [-0.4, -0.2) is 25.2 Å². The zero-order chi connectivity index (χ0) is 20.6. The second kappa shape index (κ2) is 7.74. The van der Waals surface area contributed by atoms with Crippen molar-refractivity contribution < 1.29 is 17.7 Å². The number of benzene rings is 2. The Labute approximate surface area is 177 Å². The molecule has 3 aromatic rings. The van der Waals surface area contributed by atoms with Crippen molar-refractivity contribution in [2.75, 3.05) is 15.4 Å². The Morgan fingerprint density at radius 3 is 2.62 bits per heavy atom. The topological polar surface area (TPSA) is 92.5 Å². The largest absolute Gasteiger partial charge is 0.360 e. The first-order valence-corrected chi connectivity index (χ1v) is 11.5. The predicted octanol–water partition coefficient (Wildman–Crippen LogP) is 4.22. The maximum Gasteiger partial charge on any atom is 0.263 e. The van der Waals surface area contributed by atoms with Crippen LogP contribution in [0.4, 0.5) is 11.5 Å². The van der Waals surface area contributed by atoms with Crippen LogP contribution in [0.5, 0.6) is 0 Å². The molecule has 10 heteroatoms. The van der Waals surface area contributed by atoms with Gasteiger partial charge in [0.2, 0.25) is 5.91 Å². The number of thioether (sulfide) groups is 1. The van der Waals surface area contributed by atoms with Crippen LogP contribution in [0.25, 0.3) is 0 Å². The zero-order valence-corrected chi connectivity index (χ0v) is 17.6. The summed E-state index contributed by atoms with van der Waals surface area (Å²) in [6, 6.07) is 15.0. The molecule has 4 rings (SSSR count). The number of amides is 1. The summed E-state index contributed by atoms with van der Waals surface area (Å²) in [6.07, 6.45) is 0. The number of hydrogen-bond donors (Lipinski definition) is 1. The first-order valence-electron chi connectivity index (χ1n) is 8.59. The Hall–Kier alpha value is -2.49. The minimum atomic E-state index is -3.82. The van der Waals surface area contributed by atoms with Crippen molar-refractivity contribution in [2.24, 2.45) is 0 Å². The first kappa shape index (κ1) is 19.8. The maximum absolute atomic E-state index is 12.5. The van der Waals surface area contributed by atoms with E-state index in [0.717, 1.165) is 5.56 Å². The van der Waals surface area contributed by atoms with E-state index in [9.17, 15) is 13.2 Å². The molecule has 2 aromatic carbocycles. The van der Waals surface area contributed by atoms with Gasteiger partial charge in [0.15, 0.2) is 5.82 Å². The van der Waals surface area contributed by atoms with Gasteiger partial charge in [-0.25, -0.2) is 8.42 Å². The number of anilines is 2. The summed E-state index contributed by atoms with van der Waals surface area (Å²) >= 11 is 7.59. The highest BCUT2D eigenvalue weighted by Crippen LogP contribution is 2.42. The van der Waals surface area contributed by atoms with E-state index in [-0.39, 0.29) is 22.0 Å². The molecule has 2 heterocycles. The van der Waals surface area contributed by atoms with Gasteiger partial charge >= 0.3 is 0 Å². The van der Waals surface area contributed by atoms with E-state index in [1.54, 1.807) is 30.0 Å². The second-order valence-electron chi connectivity index (χ2n) is 6.40. The summed E-state index contributed by atoms with van der Waals surface area (Å²) in [5, 5.41) is 4.01. The summed E-state index contributed by atoms with van der Waals surface area (Å²) in [7, 11) is -3.82. The van der Waals surface area contributed by atoms with E-state index in [2.05, 4.69) is 9.88 Å². The average Bonchev–Trinajstić information content (AvgIpc) is 3.26. The molecular weight excluding hydrogens is 434 g/mol. The fourth-order valence-corrected chi connectivity index (χ4v) is 5.36. The van der Waals surface area contributed by atoms with Gasteiger partial charge in [-0.3, -0.25) is 14.4 Å². The number of carbonyl (C=O) groups is 1. The molecule has 1 saturated heterocycles. The molecule has 1 N–H and O–H groups in total. The lowest BCUT2D eigenvalue weighted by atomic mass is 10.2. The number of halogens is 1. The maximum atomic E-state index is 12.5. The van der Waals surface area contributed by atoms with Crippen LogP contribution in [0.2, 0.25) is 5.02 Å². The Bertz CT molecular complexity index is 1160. The number of aryl methyl sites for hydroxylation is 1. The van der Waals surface area contributed by atoms with Crippen molar-refractivity contribution in [2.45, 2.75) is 17.2 Å². The van der Waals surface area contributed by atoms with Crippen LogP contribution < -0.4 is 9.62 Å². The number of aromatic nitrogens is 1. The molecule has 150 valence electrons. The third-order valence-electron chi connectivity index (χ3n) is 4.29. The molecule has 29 heavy (non-hydrogen) atoms. The standard InChI is InChI=1S/C19H16ClN3O4S2/c1-12-9-17(21-27-12)22-29(25,26)16-7-5-15(6-8-16)23-18(24)11-28-19(23)13-3-2-4-14(20)10-13/h2-10,19H,11H2,1H3,(H,21,22). The van der Waals surface area contributed by atoms with Gasteiger partial charge in [0.05, 0.1) is 10.6 Å². The van der Waals surface area contributed by atoms with E-state index in [1.807, 2.05) is 18.2 Å². The molecule has 0 spiro atoms. The van der Waals surface area contributed by atoms with Crippen molar-refractivity contribution in [1.29, 1.82) is 0 Å². The quantitative estimate of drug-likeness (QED) is 0.627. The fraction of sp³-hybridized carbons (Fsp3) is 0.158. The molecule has 1 aliphatic heterocycles. The fourth-order valence-electron chi connectivity index (χ4n) is 3.01. The molecule has 1 amide bonds. The summed E-state index contributed by atoms with van der Waals surface area (Å²) in [6.45, 7) is 1.67. The smallest absolute Gasteiger partial charge is 0.263 e. The van der Waals surface area contributed by atoms with Crippen LogP contribution in [0.3, 0.4) is 0 Å². The molecule has 1 aliphatic rings. The highest BCUT2D eigenvalue weighted by atomic mass is 35.5. The van der Waals surface area contributed by atoms with Gasteiger partial charge in [-0.05, 0) is 48.9 Å². The molecule has 1 aromatic heterocycles. The van der Waals surface area contributed by atoms with Crippen LogP contribution >= 0.6 is 23.4 Å². The van der Waals surface area contributed by atoms with Gasteiger partial charge in [-0.1, -0.05) is 28.9 Å². The number of nitrogens with one attached hydrogen (secondary N) is 1. The molecule has 1 fully saturated rings. The van der Waals surface area contributed by atoms with Gasteiger partial charge < -0.3 is 4.52 Å². The van der Waals surface area contributed by atoms with Crippen LogP contribution in [-0.2, 0) is 14.8 Å². The zero-order valence-electron chi connectivity index (χ0n) is 15.2. The molecule has 1 atom stereocenters. The third-order valence-corrected chi connectivity index (χ3v) is 7.11. The van der Waals surface area contributed by atoms with Crippen molar-refractivity contribution >= 4 is 50.8 Å². The molecule has 1 unspecified atom stereocenters. The first-order chi connectivity index (χ1) is 13.8. The highest BCUT2D eigenvalue weighted by Gasteiger charge is 2.34. The summed E-state index contributed by atoms with van der Waals surface area (Å²) < 4.78 is 32.3. The van der Waals surface area contributed by atoms with Gasteiger partial charge in [0.1, 0.15) is 11.1 Å². The van der Waals surface area contributed by atoms with E-state index in [1.165, 1.54) is 30.0 Å². The minimum Gasteiger partial charge on any atom is -0.360 e. The van der Waals surface area contributed by atoms with Gasteiger partial charge in [-0.15, -0.1) is 11.8 Å². The van der Waals surface area contributed by atoms with Crippen LogP contribution in [0, 0.1) is 6.92 Å². The molecule has 0 saturated carbocycles. The Balaban J connectivity index is 1.60. The van der Waals surface area contributed by atoms with Crippen molar-refractivity contribution in [3.63, 3.8) is 0 Å². The highest BCUT2D eigenvalue weighted by molar-refractivity contribution is 8.00. The van der Waals surface area contributed by atoms with E-state index >= 15 is 0 Å². The minimum absolute atomic E-state index is 0.0493. The van der Waals surface area contributed by atoms with Crippen LogP contribution in [0.15, 0.2) is 64.0 Å². The van der Waals surface area contributed by atoms with E-state index < -0.39 is 10.0 Å². The van der Waals surface area contributed by atoms with Crippen molar-refractivity contribution in [3.8, 4) is 0 Å². The Morgan fingerprint density at radius 2 is 1.97 bits per heavy atom. The predicted molar refractivity (Wildman–Crippen MR) is 113 cm³/mol. The summed E-state index contributed by atoms with van der Waals surface area (Å²) in [5.41, 5.74) is 1.52. The number of sulfonamides is 1. The van der Waals surface area contributed by atoms with Gasteiger partial charge in [-0.2, -0.15) is 0 Å². The molecular formula is C19H16ClN3O4S2. The number of nitrogens with zero attached hydrogens (tertiary/aromatic N) is 2. The molecule has 0 bridgehead atoms.